The summed E-state index contributed by atoms with van der Waals surface area (Å²) in [7, 11) is 0. The molecule has 0 saturated heterocycles. The molecule has 0 aliphatic carbocycles. The van der Waals surface area contributed by atoms with Crippen molar-refractivity contribution < 1.29 is 9.18 Å². The number of hydrogen-bond acceptors (Lipinski definition) is 5. The van der Waals surface area contributed by atoms with Gasteiger partial charge in [0.25, 0.3) is 11.5 Å². The van der Waals surface area contributed by atoms with Crippen LogP contribution in [0.5, 0.6) is 0 Å². The van der Waals surface area contributed by atoms with Crippen LogP contribution in [0.1, 0.15) is 21.5 Å². The SMILES string of the molecule is NC(=O)c1c2c(cn(-c3ccc(F)cc3)c1=O)CN(c1ncc(Cl)cn1)CC2. The Morgan fingerprint density at radius 2 is 1.86 bits per heavy atom. The summed E-state index contributed by atoms with van der Waals surface area (Å²) >= 11 is 5.84. The van der Waals surface area contributed by atoms with E-state index < -0.39 is 17.3 Å². The zero-order valence-electron chi connectivity index (χ0n) is 14.6. The molecule has 28 heavy (non-hydrogen) atoms. The maximum atomic E-state index is 13.3. The summed E-state index contributed by atoms with van der Waals surface area (Å²) in [5.74, 6) is -0.708. The number of primary amides is 1. The van der Waals surface area contributed by atoms with Gasteiger partial charge in [0.2, 0.25) is 5.95 Å². The van der Waals surface area contributed by atoms with E-state index >= 15 is 0 Å². The third-order valence-corrected chi connectivity index (χ3v) is 4.84. The summed E-state index contributed by atoms with van der Waals surface area (Å²) in [6, 6.07) is 5.44. The van der Waals surface area contributed by atoms with Crippen molar-refractivity contribution >= 4 is 23.5 Å². The average Bonchev–Trinajstić information content (AvgIpc) is 2.68. The second-order valence-electron chi connectivity index (χ2n) is 6.40. The van der Waals surface area contributed by atoms with Crippen molar-refractivity contribution in [2.24, 2.45) is 5.73 Å². The topological polar surface area (TPSA) is 94.1 Å². The van der Waals surface area contributed by atoms with E-state index in [-0.39, 0.29) is 5.56 Å². The number of aromatic nitrogens is 3. The van der Waals surface area contributed by atoms with Gasteiger partial charge in [-0.1, -0.05) is 11.6 Å². The lowest BCUT2D eigenvalue weighted by atomic mass is 9.96. The number of carbonyl (C=O) groups excluding carboxylic acids is 1. The molecule has 4 rings (SSSR count). The van der Waals surface area contributed by atoms with E-state index in [2.05, 4.69) is 9.97 Å². The predicted molar refractivity (Wildman–Crippen MR) is 102 cm³/mol. The lowest BCUT2D eigenvalue weighted by Crippen LogP contribution is -2.38. The maximum absolute atomic E-state index is 13.3. The molecule has 1 aliphatic heterocycles. The van der Waals surface area contributed by atoms with Crippen molar-refractivity contribution in [1.29, 1.82) is 0 Å². The second-order valence-corrected chi connectivity index (χ2v) is 6.83. The summed E-state index contributed by atoms with van der Waals surface area (Å²) in [6.45, 7) is 0.910. The molecule has 142 valence electrons. The first-order chi connectivity index (χ1) is 13.4. The minimum atomic E-state index is -0.783. The van der Waals surface area contributed by atoms with Crippen molar-refractivity contribution in [1.82, 2.24) is 14.5 Å². The average molecular weight is 400 g/mol. The van der Waals surface area contributed by atoms with Gasteiger partial charge in [-0.3, -0.25) is 14.2 Å². The highest BCUT2D eigenvalue weighted by atomic mass is 35.5. The van der Waals surface area contributed by atoms with Gasteiger partial charge in [0.05, 0.1) is 17.4 Å². The van der Waals surface area contributed by atoms with Crippen LogP contribution in [-0.4, -0.2) is 27.0 Å². The molecular formula is C19H15ClFN5O2. The van der Waals surface area contributed by atoms with Gasteiger partial charge in [0, 0.05) is 25.0 Å². The van der Waals surface area contributed by atoms with Crippen LogP contribution in [0.3, 0.4) is 0 Å². The zero-order valence-corrected chi connectivity index (χ0v) is 15.4. The van der Waals surface area contributed by atoms with Crippen LogP contribution < -0.4 is 16.2 Å². The number of carbonyl (C=O) groups is 1. The van der Waals surface area contributed by atoms with Gasteiger partial charge in [-0.05, 0) is 41.8 Å². The maximum Gasteiger partial charge on any atom is 0.268 e. The number of nitrogens with two attached hydrogens (primary N) is 1. The van der Waals surface area contributed by atoms with Gasteiger partial charge in [-0.15, -0.1) is 0 Å². The highest BCUT2D eigenvalue weighted by molar-refractivity contribution is 6.30. The zero-order chi connectivity index (χ0) is 19.8. The van der Waals surface area contributed by atoms with E-state index in [1.807, 2.05) is 4.90 Å². The van der Waals surface area contributed by atoms with Gasteiger partial charge < -0.3 is 10.6 Å². The van der Waals surface area contributed by atoms with Crippen LogP contribution in [0, 0.1) is 5.82 Å². The van der Waals surface area contributed by atoms with Crippen molar-refractivity contribution in [2.75, 3.05) is 11.4 Å². The Morgan fingerprint density at radius 3 is 2.50 bits per heavy atom. The molecule has 0 atom stereocenters. The Bertz CT molecular complexity index is 1110. The first-order valence-electron chi connectivity index (χ1n) is 8.49. The molecule has 2 N–H and O–H groups in total. The van der Waals surface area contributed by atoms with Crippen LogP contribution >= 0.6 is 11.6 Å². The van der Waals surface area contributed by atoms with Crippen LogP contribution in [0.25, 0.3) is 5.69 Å². The highest BCUT2D eigenvalue weighted by Crippen LogP contribution is 2.24. The number of amides is 1. The normalized spacial score (nSPS) is 13.3. The van der Waals surface area contributed by atoms with E-state index in [1.165, 1.54) is 41.2 Å². The highest BCUT2D eigenvalue weighted by Gasteiger charge is 2.26. The fraction of sp³-hybridized carbons (Fsp3) is 0.158. The van der Waals surface area contributed by atoms with E-state index in [9.17, 15) is 14.0 Å². The molecule has 1 aromatic carbocycles. The van der Waals surface area contributed by atoms with Gasteiger partial charge in [-0.2, -0.15) is 0 Å². The largest absolute Gasteiger partial charge is 0.365 e. The first kappa shape index (κ1) is 18.1. The van der Waals surface area contributed by atoms with E-state index in [4.69, 9.17) is 17.3 Å². The smallest absolute Gasteiger partial charge is 0.268 e. The third-order valence-electron chi connectivity index (χ3n) is 4.64. The fourth-order valence-corrected chi connectivity index (χ4v) is 3.44. The van der Waals surface area contributed by atoms with Crippen LogP contribution in [0.15, 0.2) is 47.7 Å². The minimum absolute atomic E-state index is 0.0431. The Morgan fingerprint density at radius 1 is 1.18 bits per heavy atom. The van der Waals surface area contributed by atoms with Crippen molar-refractivity contribution in [2.45, 2.75) is 13.0 Å². The summed E-state index contributed by atoms with van der Waals surface area (Å²) in [6.07, 6.45) is 5.11. The fourth-order valence-electron chi connectivity index (χ4n) is 3.34. The number of anilines is 1. The Hall–Kier alpha value is -3.26. The van der Waals surface area contributed by atoms with E-state index in [0.29, 0.717) is 41.7 Å². The third kappa shape index (κ3) is 3.22. The lowest BCUT2D eigenvalue weighted by Gasteiger charge is -2.30. The number of pyridine rings is 1. The Balaban J connectivity index is 1.82. The first-order valence-corrected chi connectivity index (χ1v) is 8.87. The van der Waals surface area contributed by atoms with Gasteiger partial charge in [0.1, 0.15) is 11.4 Å². The van der Waals surface area contributed by atoms with E-state index in [0.717, 1.165) is 5.56 Å². The molecule has 0 radical (unpaired) electrons. The van der Waals surface area contributed by atoms with Gasteiger partial charge in [0.15, 0.2) is 0 Å². The van der Waals surface area contributed by atoms with E-state index in [1.54, 1.807) is 6.20 Å². The standard InChI is InChI=1S/C19H15ClFN5O2/c20-12-7-23-19(24-8-12)25-6-5-15-11(9-25)10-26(18(28)16(15)17(22)27)14-3-1-13(21)2-4-14/h1-4,7-8,10H,5-6,9H2,(H2,22,27). The molecular weight excluding hydrogens is 385 g/mol. The molecule has 7 nitrogen and oxygen atoms in total. The molecule has 1 amide bonds. The molecule has 2 aromatic heterocycles. The molecule has 9 heteroatoms. The van der Waals surface area contributed by atoms with Crippen molar-refractivity contribution in [3.05, 3.63) is 80.7 Å². The number of nitrogens with zero attached hydrogens (tertiary/aromatic N) is 4. The van der Waals surface area contributed by atoms with Gasteiger partial charge >= 0.3 is 0 Å². The molecule has 0 fully saturated rings. The summed E-state index contributed by atoms with van der Waals surface area (Å²) in [4.78, 5) is 35.3. The molecule has 0 saturated carbocycles. The second kappa shape index (κ2) is 7.05. The number of halogens is 2. The Labute approximate surface area is 164 Å². The molecule has 3 aromatic rings. The molecule has 1 aliphatic rings. The Kier molecular flexibility index (Phi) is 4.56. The molecule has 0 unspecified atom stereocenters. The van der Waals surface area contributed by atoms with Crippen LogP contribution in [-0.2, 0) is 13.0 Å². The van der Waals surface area contributed by atoms with Gasteiger partial charge in [-0.25, -0.2) is 14.4 Å². The monoisotopic (exact) mass is 399 g/mol. The predicted octanol–water partition coefficient (Wildman–Crippen LogP) is 2.08. The molecule has 0 bridgehead atoms. The van der Waals surface area contributed by atoms with Crippen molar-refractivity contribution in [3.63, 3.8) is 0 Å². The number of hydrogen-bond donors (Lipinski definition) is 1. The summed E-state index contributed by atoms with van der Waals surface area (Å²) < 4.78 is 14.6. The van der Waals surface area contributed by atoms with Crippen molar-refractivity contribution in [3.8, 4) is 5.69 Å². The minimum Gasteiger partial charge on any atom is -0.365 e. The summed E-state index contributed by atoms with van der Waals surface area (Å²) in [5.41, 5.74) is 6.76. The summed E-state index contributed by atoms with van der Waals surface area (Å²) in [5, 5.41) is 0.433. The number of fused-ring (bicyclic) bond motifs is 1. The van der Waals surface area contributed by atoms with Crippen LogP contribution in [0.4, 0.5) is 10.3 Å². The number of rotatable bonds is 3. The quantitative estimate of drug-likeness (QED) is 0.727. The number of benzene rings is 1. The molecule has 3 heterocycles. The lowest BCUT2D eigenvalue weighted by molar-refractivity contribution is 0.0997. The van der Waals surface area contributed by atoms with Crippen LogP contribution in [0.2, 0.25) is 5.02 Å². The molecule has 0 spiro atoms.